The third kappa shape index (κ3) is 3.44. The Morgan fingerprint density at radius 2 is 1.73 bits per heavy atom. The molecule has 1 nitrogen and oxygen atoms in total. The molecule has 0 atom stereocenters. The third-order valence-corrected chi connectivity index (χ3v) is 2.72. The Bertz CT molecular complexity index is 89.5. The van der Waals surface area contributed by atoms with Crippen LogP contribution in [0.1, 0.15) is 40.5 Å². The van der Waals surface area contributed by atoms with Crippen LogP contribution in [0, 0.1) is 0 Å². The third-order valence-electron chi connectivity index (χ3n) is 2.20. The summed E-state index contributed by atoms with van der Waals surface area (Å²) in [4.78, 5) is 0. The van der Waals surface area contributed by atoms with E-state index in [4.69, 9.17) is 11.6 Å². The Kier molecular flexibility index (Phi) is 5.11. The molecule has 0 saturated heterocycles. The normalized spacial score (nSPS) is 12.5. The van der Waals surface area contributed by atoms with Crippen LogP contribution in [-0.2, 0) is 0 Å². The Balaban J connectivity index is 4.05. The molecule has 0 amide bonds. The van der Waals surface area contributed by atoms with Crippen molar-refractivity contribution in [3.63, 3.8) is 0 Å². The summed E-state index contributed by atoms with van der Waals surface area (Å²) in [6.45, 7) is 8.68. The van der Waals surface area contributed by atoms with E-state index in [1.807, 2.05) is 0 Å². The lowest BCUT2D eigenvalue weighted by molar-refractivity contribution is 0.310. The second kappa shape index (κ2) is 5.00. The van der Waals surface area contributed by atoms with Gasteiger partial charge in [-0.2, -0.15) is 0 Å². The van der Waals surface area contributed by atoms with Crippen LogP contribution in [0.2, 0.25) is 0 Å². The van der Waals surface area contributed by atoms with Crippen molar-refractivity contribution in [2.45, 2.75) is 52.1 Å². The predicted octanol–water partition coefficient (Wildman–Crippen LogP) is 2.78. The maximum Gasteiger partial charge on any atom is 0.0405 e. The lowest BCUT2D eigenvalue weighted by atomic mass is 9.94. The number of halogens is 1. The monoisotopic (exact) mass is 177 g/mol. The van der Waals surface area contributed by atoms with Gasteiger partial charge in [0.2, 0.25) is 0 Å². The highest BCUT2D eigenvalue weighted by Crippen LogP contribution is 2.17. The Morgan fingerprint density at radius 1 is 1.27 bits per heavy atom. The molecule has 0 radical (unpaired) electrons. The summed E-state index contributed by atoms with van der Waals surface area (Å²) in [7, 11) is 0. The molecule has 68 valence electrons. The zero-order chi connectivity index (χ0) is 8.91. The molecule has 1 N–H and O–H groups in total. The van der Waals surface area contributed by atoms with Crippen molar-refractivity contribution in [1.82, 2.24) is 5.32 Å². The first-order valence-electron chi connectivity index (χ1n) is 4.44. The van der Waals surface area contributed by atoms with Gasteiger partial charge in [0.15, 0.2) is 0 Å². The summed E-state index contributed by atoms with van der Waals surface area (Å²) in [5, 5.41) is 3.51. The van der Waals surface area contributed by atoms with Crippen LogP contribution >= 0.6 is 11.6 Å². The van der Waals surface area contributed by atoms with Crippen LogP contribution < -0.4 is 5.32 Å². The number of nitrogens with one attached hydrogen (secondary N) is 1. The van der Waals surface area contributed by atoms with Gasteiger partial charge in [0.25, 0.3) is 0 Å². The van der Waals surface area contributed by atoms with Gasteiger partial charge < -0.3 is 5.32 Å². The van der Waals surface area contributed by atoms with E-state index in [0.717, 1.165) is 12.8 Å². The molecule has 0 heterocycles. The van der Waals surface area contributed by atoms with E-state index in [1.165, 1.54) is 0 Å². The molecule has 11 heavy (non-hydrogen) atoms. The zero-order valence-electron chi connectivity index (χ0n) is 8.08. The fraction of sp³-hybridized carbons (Fsp3) is 1.00. The summed E-state index contributed by atoms with van der Waals surface area (Å²) in [5.74, 6) is 0.707. The molecule has 0 aliphatic carbocycles. The van der Waals surface area contributed by atoms with Gasteiger partial charge in [-0.25, -0.2) is 0 Å². The molecule has 0 aliphatic rings. The topological polar surface area (TPSA) is 12.0 Å². The summed E-state index contributed by atoms with van der Waals surface area (Å²) < 4.78 is 0. The molecule has 0 spiro atoms. The highest BCUT2D eigenvalue weighted by atomic mass is 35.5. The lowest BCUT2D eigenvalue weighted by Crippen LogP contribution is -2.49. The minimum atomic E-state index is 0.162. The smallest absolute Gasteiger partial charge is 0.0405 e. The zero-order valence-corrected chi connectivity index (χ0v) is 8.83. The predicted molar refractivity (Wildman–Crippen MR) is 52.3 cm³/mol. The SMILES string of the molecule is CCC(CC)(CCl)NC(C)C. The summed E-state index contributed by atoms with van der Waals surface area (Å²) >= 11 is 5.91. The van der Waals surface area contributed by atoms with Crippen LogP contribution in [0.3, 0.4) is 0 Å². The van der Waals surface area contributed by atoms with Crippen LogP contribution in [0.15, 0.2) is 0 Å². The largest absolute Gasteiger partial charge is 0.308 e. The molecule has 0 unspecified atom stereocenters. The molecule has 2 heteroatoms. The van der Waals surface area contributed by atoms with E-state index in [1.54, 1.807) is 0 Å². The highest BCUT2D eigenvalue weighted by Gasteiger charge is 2.24. The lowest BCUT2D eigenvalue weighted by Gasteiger charge is -2.33. The second-order valence-electron chi connectivity index (χ2n) is 3.42. The number of alkyl halides is 1. The summed E-state index contributed by atoms with van der Waals surface area (Å²) in [6.07, 6.45) is 2.20. The highest BCUT2D eigenvalue weighted by molar-refractivity contribution is 6.18. The fourth-order valence-corrected chi connectivity index (χ4v) is 1.75. The van der Waals surface area contributed by atoms with Crippen molar-refractivity contribution in [1.29, 1.82) is 0 Å². The maximum atomic E-state index is 5.91. The molecule has 0 rings (SSSR count). The van der Waals surface area contributed by atoms with E-state index in [9.17, 15) is 0 Å². The van der Waals surface area contributed by atoms with Crippen LogP contribution in [0.25, 0.3) is 0 Å². The molecule has 0 fully saturated rings. The van der Waals surface area contributed by atoms with Crippen LogP contribution in [-0.4, -0.2) is 17.5 Å². The minimum absolute atomic E-state index is 0.162. The Hall–Kier alpha value is 0.250. The van der Waals surface area contributed by atoms with Gasteiger partial charge in [-0.3, -0.25) is 0 Å². The van der Waals surface area contributed by atoms with E-state index in [2.05, 4.69) is 33.0 Å². The van der Waals surface area contributed by atoms with Crippen molar-refractivity contribution < 1.29 is 0 Å². The van der Waals surface area contributed by atoms with Crippen molar-refractivity contribution in [2.24, 2.45) is 0 Å². The van der Waals surface area contributed by atoms with Gasteiger partial charge in [-0.15, -0.1) is 11.6 Å². The van der Waals surface area contributed by atoms with E-state index < -0.39 is 0 Å². The molecule has 0 aromatic rings. The van der Waals surface area contributed by atoms with E-state index >= 15 is 0 Å². The first-order valence-corrected chi connectivity index (χ1v) is 4.97. The molecule has 0 aliphatic heterocycles. The quantitative estimate of drug-likeness (QED) is 0.637. The molecule has 0 bridgehead atoms. The van der Waals surface area contributed by atoms with Gasteiger partial charge in [0, 0.05) is 17.5 Å². The van der Waals surface area contributed by atoms with Gasteiger partial charge >= 0.3 is 0 Å². The minimum Gasteiger partial charge on any atom is -0.308 e. The fourth-order valence-electron chi connectivity index (χ4n) is 1.29. The van der Waals surface area contributed by atoms with E-state index in [0.29, 0.717) is 11.9 Å². The molecule has 0 aromatic heterocycles. The van der Waals surface area contributed by atoms with Gasteiger partial charge in [0.05, 0.1) is 0 Å². The van der Waals surface area contributed by atoms with Gasteiger partial charge in [0.1, 0.15) is 0 Å². The Labute approximate surface area is 75.5 Å². The van der Waals surface area contributed by atoms with Crippen molar-refractivity contribution >= 4 is 11.6 Å². The number of hydrogen-bond acceptors (Lipinski definition) is 1. The number of hydrogen-bond donors (Lipinski definition) is 1. The van der Waals surface area contributed by atoms with Crippen molar-refractivity contribution in [2.75, 3.05) is 5.88 Å². The summed E-state index contributed by atoms with van der Waals surface area (Å²) in [5.41, 5.74) is 0.162. The summed E-state index contributed by atoms with van der Waals surface area (Å²) in [6, 6.07) is 0.522. The van der Waals surface area contributed by atoms with Crippen molar-refractivity contribution in [3.05, 3.63) is 0 Å². The molecular weight excluding hydrogens is 158 g/mol. The average molecular weight is 178 g/mol. The van der Waals surface area contributed by atoms with Gasteiger partial charge in [-0.05, 0) is 12.8 Å². The van der Waals surface area contributed by atoms with Crippen molar-refractivity contribution in [3.8, 4) is 0 Å². The van der Waals surface area contributed by atoms with E-state index in [-0.39, 0.29) is 5.54 Å². The molecular formula is C9H20ClN. The number of rotatable bonds is 5. The Morgan fingerprint density at radius 3 is 1.82 bits per heavy atom. The second-order valence-corrected chi connectivity index (χ2v) is 3.69. The standard InChI is InChI=1S/C9H20ClN/c1-5-9(6-2,7-10)11-8(3)4/h8,11H,5-7H2,1-4H3. The maximum absolute atomic E-state index is 5.91. The molecule has 0 aromatic carbocycles. The van der Waals surface area contributed by atoms with Crippen LogP contribution in [0.4, 0.5) is 0 Å². The molecule has 0 saturated carbocycles. The van der Waals surface area contributed by atoms with Crippen LogP contribution in [0.5, 0.6) is 0 Å². The first-order chi connectivity index (χ1) is 5.10. The average Bonchev–Trinajstić information content (AvgIpc) is 2.00. The van der Waals surface area contributed by atoms with Gasteiger partial charge in [-0.1, -0.05) is 27.7 Å². The first kappa shape index (κ1) is 11.2.